The molecule has 0 amide bonds. The largest absolute Gasteiger partial charge is 0.497 e. The first kappa shape index (κ1) is 17.4. The zero-order valence-electron chi connectivity index (χ0n) is 14.3. The maximum absolute atomic E-state index is 10.3. The van der Waals surface area contributed by atoms with E-state index in [1.54, 1.807) is 7.11 Å². The Kier molecular flexibility index (Phi) is 5.67. The minimum atomic E-state index is -0.652. The molecule has 2 aromatic rings. The molecule has 0 radical (unpaired) electrons. The first-order valence-electron chi connectivity index (χ1n) is 8.46. The number of aliphatic hydroxyl groups is 2. The summed E-state index contributed by atoms with van der Waals surface area (Å²) in [6.45, 7) is 1.35. The van der Waals surface area contributed by atoms with E-state index in [1.807, 2.05) is 30.3 Å². The Morgan fingerprint density at radius 1 is 1.32 bits per heavy atom. The molecule has 3 rings (SSSR count). The second-order valence-corrected chi connectivity index (χ2v) is 6.10. The topological polar surface area (TPSA) is 90.7 Å². The van der Waals surface area contributed by atoms with E-state index in [1.165, 1.54) is 6.33 Å². The van der Waals surface area contributed by atoms with E-state index in [-0.39, 0.29) is 12.6 Å². The van der Waals surface area contributed by atoms with Crippen molar-refractivity contribution in [3.8, 4) is 5.75 Å². The molecule has 1 saturated heterocycles. The van der Waals surface area contributed by atoms with Crippen LogP contribution < -0.4 is 15.0 Å². The zero-order chi connectivity index (χ0) is 17.6. The van der Waals surface area contributed by atoms with Crippen LogP contribution in [0.15, 0.2) is 36.7 Å². The number of aliphatic hydroxyl groups excluding tert-OH is 2. The Morgan fingerprint density at radius 3 is 2.84 bits per heavy atom. The number of nitrogens with one attached hydrogen (secondary N) is 1. The van der Waals surface area contributed by atoms with Gasteiger partial charge in [-0.25, -0.2) is 9.97 Å². The van der Waals surface area contributed by atoms with E-state index in [9.17, 15) is 10.2 Å². The lowest BCUT2D eigenvalue weighted by atomic mass is 10.1. The van der Waals surface area contributed by atoms with Gasteiger partial charge < -0.3 is 25.2 Å². The molecule has 1 aliphatic heterocycles. The van der Waals surface area contributed by atoms with Crippen LogP contribution in [0.25, 0.3) is 0 Å². The third-order valence-electron chi connectivity index (χ3n) is 4.51. The van der Waals surface area contributed by atoms with Crippen LogP contribution in [0.5, 0.6) is 5.75 Å². The van der Waals surface area contributed by atoms with Gasteiger partial charge in [0.25, 0.3) is 0 Å². The number of anilines is 2. The van der Waals surface area contributed by atoms with Crippen molar-refractivity contribution in [2.24, 2.45) is 0 Å². The fourth-order valence-corrected chi connectivity index (χ4v) is 3.07. The maximum atomic E-state index is 10.3. The maximum Gasteiger partial charge on any atom is 0.134 e. The highest BCUT2D eigenvalue weighted by Crippen LogP contribution is 2.25. The van der Waals surface area contributed by atoms with Crippen LogP contribution in [0.2, 0.25) is 0 Å². The van der Waals surface area contributed by atoms with Gasteiger partial charge in [-0.2, -0.15) is 0 Å². The van der Waals surface area contributed by atoms with Crippen LogP contribution in [0.3, 0.4) is 0 Å². The van der Waals surface area contributed by atoms with E-state index in [0.717, 1.165) is 36.5 Å². The smallest absolute Gasteiger partial charge is 0.134 e. The monoisotopic (exact) mass is 344 g/mol. The van der Waals surface area contributed by atoms with Crippen molar-refractivity contribution in [2.45, 2.75) is 25.0 Å². The second kappa shape index (κ2) is 8.13. The molecule has 1 aromatic heterocycles. The molecular formula is C18H24N4O3. The Bertz CT molecular complexity index is 680. The third kappa shape index (κ3) is 4.18. The molecule has 1 aliphatic rings. The Labute approximate surface area is 147 Å². The minimum absolute atomic E-state index is 0.118. The molecule has 134 valence electrons. The number of aromatic nitrogens is 2. The molecule has 1 fully saturated rings. The lowest BCUT2D eigenvalue weighted by molar-refractivity contribution is 0.191. The van der Waals surface area contributed by atoms with Crippen LogP contribution >= 0.6 is 0 Å². The quantitative estimate of drug-likeness (QED) is 0.703. The SMILES string of the molecule is COc1ccc([C@H](O)CNc2cc(N3CCC[C@H]3CO)ncn2)cc1. The average Bonchev–Trinajstić information content (AvgIpc) is 3.15. The number of rotatable bonds is 7. The van der Waals surface area contributed by atoms with Gasteiger partial charge in [-0.15, -0.1) is 0 Å². The number of ether oxygens (including phenoxy) is 1. The third-order valence-corrected chi connectivity index (χ3v) is 4.51. The van der Waals surface area contributed by atoms with Crippen LogP contribution in [0.1, 0.15) is 24.5 Å². The average molecular weight is 344 g/mol. The van der Waals surface area contributed by atoms with E-state index in [2.05, 4.69) is 20.2 Å². The molecule has 3 N–H and O–H groups in total. The Hall–Kier alpha value is -2.38. The molecule has 7 nitrogen and oxygen atoms in total. The highest BCUT2D eigenvalue weighted by Gasteiger charge is 2.25. The molecule has 0 bridgehead atoms. The molecule has 2 atom stereocenters. The summed E-state index contributed by atoms with van der Waals surface area (Å²) >= 11 is 0. The summed E-state index contributed by atoms with van der Waals surface area (Å²) in [5.74, 6) is 2.21. The van der Waals surface area contributed by atoms with Crippen molar-refractivity contribution in [2.75, 3.05) is 37.0 Å². The fraction of sp³-hybridized carbons (Fsp3) is 0.444. The van der Waals surface area contributed by atoms with Gasteiger partial charge in [-0.05, 0) is 30.5 Å². The molecule has 0 spiro atoms. The first-order chi connectivity index (χ1) is 12.2. The molecule has 7 heteroatoms. The molecule has 0 saturated carbocycles. The first-order valence-corrected chi connectivity index (χ1v) is 8.46. The van der Waals surface area contributed by atoms with Gasteiger partial charge in [-0.1, -0.05) is 12.1 Å². The van der Waals surface area contributed by atoms with Crippen LogP contribution in [-0.2, 0) is 0 Å². The molecule has 0 unspecified atom stereocenters. The van der Waals surface area contributed by atoms with E-state index >= 15 is 0 Å². The Morgan fingerprint density at radius 2 is 2.12 bits per heavy atom. The summed E-state index contributed by atoms with van der Waals surface area (Å²) in [7, 11) is 1.61. The van der Waals surface area contributed by atoms with Crippen LogP contribution in [0.4, 0.5) is 11.6 Å². The van der Waals surface area contributed by atoms with E-state index in [4.69, 9.17) is 4.74 Å². The van der Waals surface area contributed by atoms with Gasteiger partial charge in [0.15, 0.2) is 0 Å². The van der Waals surface area contributed by atoms with Gasteiger partial charge in [0.05, 0.1) is 25.9 Å². The second-order valence-electron chi connectivity index (χ2n) is 6.10. The lowest BCUT2D eigenvalue weighted by Crippen LogP contribution is -2.32. The van der Waals surface area contributed by atoms with Gasteiger partial charge in [0.1, 0.15) is 23.7 Å². The van der Waals surface area contributed by atoms with Crippen molar-refractivity contribution < 1.29 is 14.9 Å². The summed E-state index contributed by atoms with van der Waals surface area (Å²) in [4.78, 5) is 10.6. The van der Waals surface area contributed by atoms with Crippen LogP contribution in [-0.4, -0.2) is 53.0 Å². The van der Waals surface area contributed by atoms with Gasteiger partial charge in [0, 0.05) is 19.2 Å². The summed E-state index contributed by atoms with van der Waals surface area (Å²) in [6, 6.07) is 9.30. The summed E-state index contributed by atoms with van der Waals surface area (Å²) in [5, 5.41) is 22.9. The van der Waals surface area contributed by atoms with Crippen LogP contribution in [0, 0.1) is 0 Å². The fourth-order valence-electron chi connectivity index (χ4n) is 3.07. The number of nitrogens with zero attached hydrogens (tertiary/aromatic N) is 3. The predicted molar refractivity (Wildman–Crippen MR) is 95.9 cm³/mol. The van der Waals surface area contributed by atoms with Crippen molar-refractivity contribution in [1.29, 1.82) is 0 Å². The zero-order valence-corrected chi connectivity index (χ0v) is 14.3. The summed E-state index contributed by atoms with van der Waals surface area (Å²) in [5.41, 5.74) is 0.808. The standard InChI is InChI=1S/C18H24N4O3/c1-25-15-6-4-13(5-7-15)16(24)10-19-17-9-18(21-12-20-17)22-8-2-3-14(22)11-23/h4-7,9,12,14,16,23-24H,2-3,8,10-11H2,1H3,(H,19,20,21)/t14-,16+/m0/s1. The molecule has 2 heterocycles. The van der Waals surface area contributed by atoms with Crippen molar-refractivity contribution in [1.82, 2.24) is 9.97 Å². The molecule has 0 aliphatic carbocycles. The highest BCUT2D eigenvalue weighted by atomic mass is 16.5. The van der Waals surface area contributed by atoms with Crippen molar-refractivity contribution in [3.05, 3.63) is 42.2 Å². The summed E-state index contributed by atoms with van der Waals surface area (Å²) < 4.78 is 5.12. The molecule has 1 aromatic carbocycles. The lowest BCUT2D eigenvalue weighted by Gasteiger charge is -2.24. The summed E-state index contributed by atoms with van der Waals surface area (Å²) in [6.07, 6.45) is 2.87. The number of benzene rings is 1. The van der Waals surface area contributed by atoms with Gasteiger partial charge >= 0.3 is 0 Å². The van der Waals surface area contributed by atoms with Crippen molar-refractivity contribution in [3.63, 3.8) is 0 Å². The van der Waals surface area contributed by atoms with E-state index < -0.39 is 6.10 Å². The van der Waals surface area contributed by atoms with Crippen molar-refractivity contribution >= 4 is 11.6 Å². The van der Waals surface area contributed by atoms with Gasteiger partial charge in [0.2, 0.25) is 0 Å². The van der Waals surface area contributed by atoms with Gasteiger partial charge in [-0.3, -0.25) is 0 Å². The predicted octanol–water partition coefficient (Wildman–Crippen LogP) is 1.59. The number of hydrogen-bond acceptors (Lipinski definition) is 7. The normalized spacial score (nSPS) is 18.2. The minimum Gasteiger partial charge on any atom is -0.497 e. The number of methoxy groups -OCH3 is 1. The Balaban J connectivity index is 1.62. The highest BCUT2D eigenvalue weighted by molar-refractivity contribution is 5.50. The molecule has 25 heavy (non-hydrogen) atoms. The van der Waals surface area contributed by atoms with E-state index in [0.29, 0.717) is 12.4 Å². The number of hydrogen-bond donors (Lipinski definition) is 3. The molecular weight excluding hydrogens is 320 g/mol.